The van der Waals surface area contributed by atoms with Crippen LogP contribution in [0.3, 0.4) is 0 Å². The van der Waals surface area contributed by atoms with Crippen molar-refractivity contribution in [1.82, 2.24) is 9.88 Å². The lowest BCUT2D eigenvalue weighted by molar-refractivity contribution is -0.274. The molecule has 2 aromatic carbocycles. The summed E-state index contributed by atoms with van der Waals surface area (Å²) >= 11 is 0. The molecule has 0 atom stereocenters. The molecule has 4 rings (SSSR count). The van der Waals surface area contributed by atoms with Crippen LogP contribution in [-0.2, 0) is 16.0 Å². The highest BCUT2D eigenvalue weighted by molar-refractivity contribution is 6.00. The molecule has 0 saturated carbocycles. The van der Waals surface area contributed by atoms with E-state index in [0.29, 0.717) is 32.0 Å². The lowest BCUT2D eigenvalue weighted by Crippen LogP contribution is -2.41. The molecule has 2 heterocycles. The SMILES string of the molecule is O=C(CN1CCOCC1)Nc1cc(C(=O)Cc2ccc(-c3ccccc3)cn2)ccc1OC(F)(F)F. The number of alkyl halides is 3. The van der Waals surface area contributed by atoms with Gasteiger partial charge >= 0.3 is 6.36 Å². The van der Waals surface area contributed by atoms with Crippen LogP contribution in [0.2, 0.25) is 0 Å². The Morgan fingerprint density at radius 2 is 1.75 bits per heavy atom. The molecule has 36 heavy (non-hydrogen) atoms. The number of ether oxygens (including phenoxy) is 2. The summed E-state index contributed by atoms with van der Waals surface area (Å²) in [6.07, 6.45) is -3.36. The second-order valence-corrected chi connectivity index (χ2v) is 8.20. The van der Waals surface area contributed by atoms with Crippen LogP contribution in [0.25, 0.3) is 11.1 Å². The highest BCUT2D eigenvalue weighted by Gasteiger charge is 2.32. The largest absolute Gasteiger partial charge is 0.573 e. The van der Waals surface area contributed by atoms with Crippen LogP contribution in [0.1, 0.15) is 16.1 Å². The van der Waals surface area contributed by atoms with Gasteiger partial charge in [-0.25, -0.2) is 0 Å². The number of aromatic nitrogens is 1. The molecule has 0 bridgehead atoms. The zero-order valence-corrected chi connectivity index (χ0v) is 19.3. The summed E-state index contributed by atoms with van der Waals surface area (Å²) in [5.74, 6) is -1.48. The summed E-state index contributed by atoms with van der Waals surface area (Å²) in [6, 6.07) is 16.7. The number of amides is 1. The minimum atomic E-state index is -4.96. The number of hydrogen-bond donors (Lipinski definition) is 1. The number of hydrogen-bond acceptors (Lipinski definition) is 6. The Kier molecular flexibility index (Phi) is 7.97. The predicted molar refractivity (Wildman–Crippen MR) is 127 cm³/mol. The molecule has 0 spiro atoms. The van der Waals surface area contributed by atoms with Crippen molar-refractivity contribution >= 4 is 17.4 Å². The summed E-state index contributed by atoms with van der Waals surface area (Å²) in [7, 11) is 0. The number of Topliss-reactive ketones (excluding diaryl/α,β-unsaturated/α-hetero) is 1. The van der Waals surface area contributed by atoms with E-state index in [9.17, 15) is 22.8 Å². The molecule has 10 heteroatoms. The summed E-state index contributed by atoms with van der Waals surface area (Å²) in [5, 5.41) is 2.45. The number of rotatable bonds is 8. The summed E-state index contributed by atoms with van der Waals surface area (Å²) in [6.45, 7) is 1.99. The summed E-state index contributed by atoms with van der Waals surface area (Å²) < 4.78 is 48.0. The van der Waals surface area contributed by atoms with Gasteiger partial charge in [-0.1, -0.05) is 36.4 Å². The molecule has 7 nitrogen and oxygen atoms in total. The average molecular weight is 499 g/mol. The first-order chi connectivity index (χ1) is 17.3. The van der Waals surface area contributed by atoms with Crippen molar-refractivity contribution in [2.75, 3.05) is 38.2 Å². The molecule has 0 aliphatic carbocycles. The minimum Gasteiger partial charge on any atom is -0.404 e. The molecule has 3 aromatic rings. The van der Waals surface area contributed by atoms with Gasteiger partial charge < -0.3 is 14.8 Å². The average Bonchev–Trinajstić information content (AvgIpc) is 2.86. The molecule has 1 aliphatic rings. The van der Waals surface area contributed by atoms with Crippen molar-refractivity contribution < 1.29 is 32.2 Å². The number of nitrogens with one attached hydrogen (secondary N) is 1. The predicted octanol–water partition coefficient (Wildman–Crippen LogP) is 4.34. The molecule has 188 valence electrons. The number of anilines is 1. The fourth-order valence-electron chi connectivity index (χ4n) is 3.76. The van der Waals surface area contributed by atoms with Crippen molar-refractivity contribution in [3.8, 4) is 16.9 Å². The van der Waals surface area contributed by atoms with Gasteiger partial charge in [0.2, 0.25) is 5.91 Å². The van der Waals surface area contributed by atoms with E-state index in [2.05, 4.69) is 15.0 Å². The lowest BCUT2D eigenvalue weighted by atomic mass is 10.0. The second kappa shape index (κ2) is 11.3. The van der Waals surface area contributed by atoms with Gasteiger partial charge in [0.25, 0.3) is 0 Å². The molecule has 0 radical (unpaired) electrons. The maximum absolute atomic E-state index is 12.9. The van der Waals surface area contributed by atoms with Gasteiger partial charge in [-0.3, -0.25) is 19.5 Å². The third kappa shape index (κ3) is 7.12. The van der Waals surface area contributed by atoms with Crippen molar-refractivity contribution in [1.29, 1.82) is 0 Å². The Morgan fingerprint density at radius 3 is 2.42 bits per heavy atom. The fraction of sp³-hybridized carbons (Fsp3) is 0.269. The van der Waals surface area contributed by atoms with Gasteiger partial charge in [0.15, 0.2) is 11.5 Å². The zero-order chi connectivity index (χ0) is 25.5. The van der Waals surface area contributed by atoms with E-state index in [0.717, 1.165) is 17.2 Å². The smallest absolute Gasteiger partial charge is 0.404 e. The number of pyridine rings is 1. The standard InChI is InChI=1S/C26H24F3N3O4/c27-26(28,29)36-24-9-7-19(14-22(24)31-25(34)17-32-10-12-35-13-11-32)23(33)15-21-8-6-20(16-30-21)18-4-2-1-3-5-18/h1-9,14,16H,10-13,15,17H2,(H,31,34). The van der Waals surface area contributed by atoms with Crippen molar-refractivity contribution in [2.24, 2.45) is 0 Å². The van der Waals surface area contributed by atoms with Gasteiger partial charge in [-0.2, -0.15) is 0 Å². The van der Waals surface area contributed by atoms with Crippen LogP contribution >= 0.6 is 0 Å². The lowest BCUT2D eigenvalue weighted by Gasteiger charge is -2.26. The van der Waals surface area contributed by atoms with Crippen LogP contribution in [0.4, 0.5) is 18.9 Å². The zero-order valence-electron chi connectivity index (χ0n) is 19.3. The first-order valence-corrected chi connectivity index (χ1v) is 11.3. The van der Waals surface area contributed by atoms with E-state index in [-0.39, 0.29) is 30.0 Å². The highest BCUT2D eigenvalue weighted by atomic mass is 19.4. The monoisotopic (exact) mass is 499 g/mol. The van der Waals surface area contributed by atoms with E-state index >= 15 is 0 Å². The Bertz CT molecular complexity index is 1200. The van der Waals surface area contributed by atoms with Gasteiger partial charge in [0, 0.05) is 36.1 Å². The molecular weight excluding hydrogens is 475 g/mol. The topological polar surface area (TPSA) is 80.8 Å². The molecule has 1 aliphatic heterocycles. The van der Waals surface area contributed by atoms with E-state index in [1.54, 1.807) is 12.3 Å². The van der Waals surface area contributed by atoms with Crippen molar-refractivity contribution in [2.45, 2.75) is 12.8 Å². The van der Waals surface area contributed by atoms with Gasteiger partial charge in [-0.15, -0.1) is 13.2 Å². The maximum Gasteiger partial charge on any atom is 0.573 e. The van der Waals surface area contributed by atoms with E-state index in [4.69, 9.17) is 4.74 Å². The number of morpholine rings is 1. The first-order valence-electron chi connectivity index (χ1n) is 11.3. The number of ketones is 1. The van der Waals surface area contributed by atoms with Crippen LogP contribution in [0, 0.1) is 0 Å². The Hall–Kier alpha value is -3.76. The van der Waals surface area contributed by atoms with Crippen LogP contribution in [-0.4, -0.2) is 60.8 Å². The molecule has 1 fully saturated rings. The van der Waals surface area contributed by atoms with Gasteiger partial charge in [0.1, 0.15) is 0 Å². The van der Waals surface area contributed by atoms with Crippen LogP contribution < -0.4 is 10.1 Å². The third-order valence-corrected chi connectivity index (χ3v) is 5.55. The quantitative estimate of drug-likeness (QED) is 0.465. The second-order valence-electron chi connectivity index (χ2n) is 8.20. The fourth-order valence-corrected chi connectivity index (χ4v) is 3.76. The van der Waals surface area contributed by atoms with Crippen LogP contribution in [0.15, 0.2) is 66.9 Å². The minimum absolute atomic E-state index is 0.0231. The highest BCUT2D eigenvalue weighted by Crippen LogP contribution is 2.32. The Morgan fingerprint density at radius 1 is 1.00 bits per heavy atom. The number of nitrogens with zero attached hydrogens (tertiary/aromatic N) is 2. The summed E-state index contributed by atoms with van der Waals surface area (Å²) in [5.41, 5.74) is 2.28. The Labute approximate surface area is 205 Å². The third-order valence-electron chi connectivity index (χ3n) is 5.55. The molecular formula is C26H24F3N3O4. The maximum atomic E-state index is 12.9. The van der Waals surface area contributed by atoms with E-state index < -0.39 is 18.0 Å². The Balaban J connectivity index is 1.48. The number of benzene rings is 2. The molecule has 1 aromatic heterocycles. The first kappa shape index (κ1) is 25.3. The van der Waals surface area contributed by atoms with Crippen molar-refractivity contribution in [3.05, 3.63) is 78.1 Å². The number of carbonyl (C=O) groups is 2. The number of carbonyl (C=O) groups excluding carboxylic acids is 2. The van der Waals surface area contributed by atoms with Crippen molar-refractivity contribution in [3.63, 3.8) is 0 Å². The van der Waals surface area contributed by atoms with E-state index in [1.807, 2.05) is 41.3 Å². The van der Waals surface area contributed by atoms with Crippen LogP contribution in [0.5, 0.6) is 5.75 Å². The van der Waals surface area contributed by atoms with Gasteiger partial charge in [-0.05, 0) is 29.8 Å². The number of halogens is 3. The molecule has 0 unspecified atom stereocenters. The van der Waals surface area contributed by atoms with E-state index in [1.165, 1.54) is 12.1 Å². The molecule has 1 N–H and O–H groups in total. The summed E-state index contributed by atoms with van der Waals surface area (Å²) in [4.78, 5) is 31.5. The normalized spacial score (nSPS) is 14.3. The molecule has 1 saturated heterocycles. The molecule has 1 amide bonds. The van der Waals surface area contributed by atoms with Gasteiger partial charge in [0.05, 0.1) is 31.9 Å².